The van der Waals surface area contributed by atoms with Crippen LogP contribution in [0.15, 0.2) is 6.20 Å². The molecule has 1 N–H and O–H groups in total. The standard InChI is InChI=1S/C13H18N4O/c1-17(8-7-14)13(18)11-9-15-16-12(11)10-5-3-2-4-6-10/h9-10H,2-6,8H2,1H3,(H,15,16). The number of nitrogens with zero attached hydrogens (tertiary/aromatic N) is 3. The van der Waals surface area contributed by atoms with Gasteiger partial charge in [-0.1, -0.05) is 19.3 Å². The molecule has 1 saturated carbocycles. The lowest BCUT2D eigenvalue weighted by Crippen LogP contribution is -2.28. The molecule has 1 fully saturated rings. The summed E-state index contributed by atoms with van der Waals surface area (Å²) in [5, 5.41) is 15.6. The molecule has 1 heterocycles. The second kappa shape index (κ2) is 5.67. The summed E-state index contributed by atoms with van der Waals surface area (Å²) in [5.41, 5.74) is 1.57. The number of nitriles is 1. The van der Waals surface area contributed by atoms with Gasteiger partial charge >= 0.3 is 0 Å². The van der Waals surface area contributed by atoms with Crippen LogP contribution < -0.4 is 0 Å². The molecule has 0 aromatic carbocycles. The molecule has 96 valence electrons. The van der Waals surface area contributed by atoms with E-state index in [9.17, 15) is 4.79 Å². The van der Waals surface area contributed by atoms with Gasteiger partial charge in [0.25, 0.3) is 5.91 Å². The van der Waals surface area contributed by atoms with Crippen molar-refractivity contribution in [2.45, 2.75) is 38.0 Å². The molecule has 0 unspecified atom stereocenters. The molecule has 0 atom stereocenters. The van der Waals surface area contributed by atoms with Gasteiger partial charge in [0.2, 0.25) is 0 Å². The van der Waals surface area contributed by atoms with Crippen LogP contribution >= 0.6 is 0 Å². The largest absolute Gasteiger partial charge is 0.328 e. The number of aromatic nitrogens is 2. The van der Waals surface area contributed by atoms with Crippen molar-refractivity contribution in [2.75, 3.05) is 13.6 Å². The molecule has 1 aromatic heterocycles. The zero-order chi connectivity index (χ0) is 13.0. The van der Waals surface area contributed by atoms with Crippen molar-refractivity contribution in [2.24, 2.45) is 0 Å². The minimum Gasteiger partial charge on any atom is -0.328 e. The van der Waals surface area contributed by atoms with Crippen LogP contribution in [0.25, 0.3) is 0 Å². The van der Waals surface area contributed by atoms with Crippen LogP contribution in [0, 0.1) is 11.3 Å². The van der Waals surface area contributed by atoms with Crippen LogP contribution in [0.1, 0.15) is 54.1 Å². The first-order chi connectivity index (χ1) is 8.74. The number of carbonyl (C=O) groups is 1. The molecule has 18 heavy (non-hydrogen) atoms. The first kappa shape index (κ1) is 12.6. The van der Waals surface area contributed by atoms with E-state index in [4.69, 9.17) is 5.26 Å². The van der Waals surface area contributed by atoms with Crippen molar-refractivity contribution >= 4 is 5.91 Å². The number of amides is 1. The van der Waals surface area contributed by atoms with Crippen LogP contribution in [0.5, 0.6) is 0 Å². The third kappa shape index (κ3) is 2.53. The third-order valence-corrected chi connectivity index (χ3v) is 3.57. The van der Waals surface area contributed by atoms with Crippen LogP contribution in [0.2, 0.25) is 0 Å². The van der Waals surface area contributed by atoms with Gasteiger partial charge in [0.05, 0.1) is 23.5 Å². The molecule has 0 bridgehead atoms. The SMILES string of the molecule is CN(CC#N)C(=O)c1cn[nH]c1C1CCCCC1. The first-order valence-corrected chi connectivity index (χ1v) is 6.39. The molecular formula is C13H18N4O. The summed E-state index contributed by atoms with van der Waals surface area (Å²) in [5.74, 6) is 0.293. The maximum Gasteiger partial charge on any atom is 0.257 e. The molecule has 1 aliphatic rings. The van der Waals surface area contributed by atoms with Gasteiger partial charge < -0.3 is 4.90 Å². The van der Waals surface area contributed by atoms with Gasteiger partial charge in [-0.2, -0.15) is 10.4 Å². The average molecular weight is 246 g/mol. The van der Waals surface area contributed by atoms with Crippen molar-refractivity contribution in [1.82, 2.24) is 15.1 Å². The predicted molar refractivity (Wildman–Crippen MR) is 67.0 cm³/mol. The molecule has 0 aliphatic heterocycles. The molecule has 1 aliphatic carbocycles. The minimum atomic E-state index is -0.120. The number of hydrogen-bond acceptors (Lipinski definition) is 3. The van der Waals surface area contributed by atoms with Gasteiger partial charge in [-0.3, -0.25) is 9.89 Å². The van der Waals surface area contributed by atoms with E-state index in [2.05, 4.69) is 10.2 Å². The second-order valence-electron chi connectivity index (χ2n) is 4.85. The van der Waals surface area contributed by atoms with E-state index >= 15 is 0 Å². The predicted octanol–water partition coefficient (Wildman–Crippen LogP) is 2.05. The number of H-pyrrole nitrogens is 1. The van der Waals surface area contributed by atoms with Gasteiger partial charge in [-0.05, 0) is 12.8 Å². The highest BCUT2D eigenvalue weighted by Crippen LogP contribution is 2.33. The van der Waals surface area contributed by atoms with E-state index < -0.39 is 0 Å². The maximum absolute atomic E-state index is 12.2. The normalized spacial score (nSPS) is 16.2. The van der Waals surface area contributed by atoms with Gasteiger partial charge in [0.1, 0.15) is 6.54 Å². The Hall–Kier alpha value is -1.83. The highest BCUT2D eigenvalue weighted by Gasteiger charge is 2.24. The fourth-order valence-electron chi connectivity index (χ4n) is 2.55. The van der Waals surface area contributed by atoms with E-state index in [-0.39, 0.29) is 12.5 Å². The summed E-state index contributed by atoms with van der Waals surface area (Å²) in [7, 11) is 1.64. The van der Waals surface area contributed by atoms with Crippen molar-refractivity contribution in [1.29, 1.82) is 5.26 Å². The summed E-state index contributed by atoms with van der Waals surface area (Å²) < 4.78 is 0. The van der Waals surface area contributed by atoms with Crippen LogP contribution in [-0.4, -0.2) is 34.6 Å². The Morgan fingerprint density at radius 2 is 2.28 bits per heavy atom. The van der Waals surface area contributed by atoms with Crippen LogP contribution in [0.4, 0.5) is 0 Å². The van der Waals surface area contributed by atoms with Gasteiger partial charge in [0.15, 0.2) is 0 Å². The van der Waals surface area contributed by atoms with Crippen LogP contribution in [-0.2, 0) is 0 Å². The summed E-state index contributed by atoms with van der Waals surface area (Å²) in [6.45, 7) is 0.105. The fourth-order valence-corrected chi connectivity index (χ4v) is 2.55. The van der Waals surface area contributed by atoms with E-state index in [1.165, 1.54) is 24.2 Å². The highest BCUT2D eigenvalue weighted by molar-refractivity contribution is 5.95. The molecule has 0 spiro atoms. The molecule has 5 nitrogen and oxygen atoms in total. The summed E-state index contributed by atoms with van der Waals surface area (Å²) in [4.78, 5) is 13.6. The summed E-state index contributed by atoms with van der Waals surface area (Å²) >= 11 is 0. The van der Waals surface area contributed by atoms with Crippen molar-refractivity contribution in [3.05, 3.63) is 17.5 Å². The Balaban J connectivity index is 2.16. The number of carbonyl (C=O) groups excluding carboxylic acids is 1. The maximum atomic E-state index is 12.2. The molecule has 0 radical (unpaired) electrons. The number of hydrogen-bond donors (Lipinski definition) is 1. The van der Waals surface area contributed by atoms with Crippen molar-refractivity contribution in [3.63, 3.8) is 0 Å². The molecule has 2 rings (SSSR count). The van der Waals surface area contributed by atoms with Crippen molar-refractivity contribution in [3.8, 4) is 6.07 Å². The average Bonchev–Trinajstić information content (AvgIpc) is 2.88. The lowest BCUT2D eigenvalue weighted by Gasteiger charge is -2.22. The van der Waals surface area contributed by atoms with Gasteiger partial charge in [0, 0.05) is 13.0 Å². The Bertz CT molecular complexity index is 454. The summed E-state index contributed by atoms with van der Waals surface area (Å²) in [6, 6.07) is 1.98. The van der Waals surface area contributed by atoms with E-state index in [0.29, 0.717) is 11.5 Å². The van der Waals surface area contributed by atoms with Gasteiger partial charge in [-0.15, -0.1) is 0 Å². The van der Waals surface area contributed by atoms with E-state index in [0.717, 1.165) is 18.5 Å². The second-order valence-corrected chi connectivity index (χ2v) is 4.85. The molecule has 1 amide bonds. The topological polar surface area (TPSA) is 72.8 Å². The Morgan fingerprint density at radius 1 is 1.56 bits per heavy atom. The van der Waals surface area contributed by atoms with Crippen molar-refractivity contribution < 1.29 is 4.79 Å². The van der Waals surface area contributed by atoms with E-state index in [1.54, 1.807) is 13.2 Å². The molecule has 5 heteroatoms. The monoisotopic (exact) mass is 246 g/mol. The minimum absolute atomic E-state index is 0.105. The third-order valence-electron chi connectivity index (χ3n) is 3.57. The smallest absolute Gasteiger partial charge is 0.257 e. The quantitative estimate of drug-likeness (QED) is 0.829. The lowest BCUT2D eigenvalue weighted by molar-refractivity contribution is 0.0810. The fraction of sp³-hybridized carbons (Fsp3) is 0.615. The number of nitrogens with one attached hydrogen (secondary N) is 1. The highest BCUT2D eigenvalue weighted by atomic mass is 16.2. The van der Waals surface area contributed by atoms with Gasteiger partial charge in [-0.25, -0.2) is 0 Å². The van der Waals surface area contributed by atoms with Crippen LogP contribution in [0.3, 0.4) is 0 Å². The Kier molecular flexibility index (Phi) is 3.98. The molecule has 1 aromatic rings. The molecular weight excluding hydrogens is 228 g/mol. The Morgan fingerprint density at radius 3 is 2.94 bits per heavy atom. The zero-order valence-corrected chi connectivity index (χ0v) is 10.6. The zero-order valence-electron chi connectivity index (χ0n) is 10.6. The molecule has 0 saturated heterocycles. The first-order valence-electron chi connectivity index (χ1n) is 6.39. The van der Waals surface area contributed by atoms with E-state index in [1.807, 2.05) is 6.07 Å². The summed E-state index contributed by atoms with van der Waals surface area (Å²) in [6.07, 6.45) is 7.52. The number of aromatic amines is 1. The Labute approximate surface area is 107 Å². The lowest BCUT2D eigenvalue weighted by atomic mass is 9.85. The number of rotatable bonds is 3.